The molecule has 21 heavy (non-hydrogen) atoms. The van der Waals surface area contributed by atoms with E-state index in [0.717, 1.165) is 21.7 Å². The van der Waals surface area contributed by atoms with E-state index in [0.29, 0.717) is 18.2 Å². The second kappa shape index (κ2) is 5.25. The van der Waals surface area contributed by atoms with Crippen molar-refractivity contribution in [2.24, 2.45) is 0 Å². The molecule has 0 aliphatic rings. The van der Waals surface area contributed by atoms with E-state index in [1.54, 1.807) is 15.9 Å². The zero-order chi connectivity index (χ0) is 15.0. The maximum Gasteiger partial charge on any atom is 0.254 e. The van der Waals surface area contributed by atoms with Gasteiger partial charge in [0.1, 0.15) is 16.5 Å². The number of rotatable bonds is 3. The summed E-state index contributed by atoms with van der Waals surface area (Å²) in [5, 5.41) is 6.05. The second-order valence-electron chi connectivity index (χ2n) is 4.75. The fourth-order valence-corrected chi connectivity index (χ4v) is 3.04. The Bertz CT molecular complexity index is 867. The van der Waals surface area contributed by atoms with Crippen molar-refractivity contribution in [3.8, 4) is 0 Å². The molecule has 0 unspecified atom stereocenters. The average Bonchev–Trinajstić information content (AvgIpc) is 2.90. The molecule has 0 fully saturated rings. The van der Waals surface area contributed by atoms with Crippen LogP contribution in [0.15, 0.2) is 22.3 Å². The van der Waals surface area contributed by atoms with Crippen LogP contribution in [0, 0.1) is 13.8 Å². The number of anilines is 1. The molecule has 3 rings (SSSR count). The number of aryl methyl sites for hydroxylation is 2. The van der Waals surface area contributed by atoms with Gasteiger partial charge in [-0.05, 0) is 25.3 Å². The Hall–Kier alpha value is -2.28. The maximum atomic E-state index is 12.1. The highest BCUT2D eigenvalue weighted by Crippen LogP contribution is 2.24. The highest BCUT2D eigenvalue weighted by Gasteiger charge is 2.10. The van der Waals surface area contributed by atoms with Crippen LogP contribution in [0.1, 0.15) is 17.3 Å². The van der Waals surface area contributed by atoms with Crippen LogP contribution in [0.2, 0.25) is 0 Å². The number of thiophene rings is 1. The minimum absolute atomic E-state index is 0.0825. The summed E-state index contributed by atoms with van der Waals surface area (Å²) >= 11 is 1.56. The molecule has 0 saturated carbocycles. The third kappa shape index (κ3) is 2.52. The van der Waals surface area contributed by atoms with Crippen LogP contribution in [0.4, 0.5) is 5.82 Å². The van der Waals surface area contributed by atoms with Crippen LogP contribution in [0.25, 0.3) is 10.2 Å². The van der Waals surface area contributed by atoms with Crippen molar-refractivity contribution >= 4 is 27.4 Å². The first kappa shape index (κ1) is 13.7. The molecule has 0 saturated heterocycles. The van der Waals surface area contributed by atoms with Gasteiger partial charge in [0.05, 0.1) is 11.9 Å². The van der Waals surface area contributed by atoms with Crippen LogP contribution in [-0.4, -0.2) is 26.6 Å². The maximum absolute atomic E-state index is 12.1. The highest BCUT2D eigenvalue weighted by molar-refractivity contribution is 7.16. The fourth-order valence-electron chi connectivity index (χ4n) is 2.26. The number of fused-ring (bicyclic) bond motifs is 1. The monoisotopic (exact) mass is 301 g/mol. The van der Waals surface area contributed by atoms with Gasteiger partial charge in [0.15, 0.2) is 5.82 Å². The van der Waals surface area contributed by atoms with Gasteiger partial charge in [-0.2, -0.15) is 0 Å². The third-order valence-electron chi connectivity index (χ3n) is 3.23. The molecule has 0 atom stereocenters. The van der Waals surface area contributed by atoms with Gasteiger partial charge >= 0.3 is 0 Å². The standard InChI is InChI=1S/C14H15N5OS/c1-8-6-12(20)19(9(2)16-8)7-11-17-13(15-3)10-4-5-21-14(10)18-11/h4-6H,7H2,1-3H3,(H,15,17,18). The molecule has 0 radical (unpaired) electrons. The van der Waals surface area contributed by atoms with E-state index >= 15 is 0 Å². The van der Waals surface area contributed by atoms with E-state index in [-0.39, 0.29) is 5.56 Å². The Kier molecular flexibility index (Phi) is 3.42. The Morgan fingerprint density at radius 3 is 2.81 bits per heavy atom. The van der Waals surface area contributed by atoms with Gasteiger partial charge in [-0.25, -0.2) is 15.0 Å². The molecule has 0 spiro atoms. The lowest BCUT2D eigenvalue weighted by Crippen LogP contribution is -2.25. The predicted molar refractivity (Wildman–Crippen MR) is 84.0 cm³/mol. The SMILES string of the molecule is CNc1nc(Cn2c(C)nc(C)cc2=O)nc2sccc12. The van der Waals surface area contributed by atoms with Crippen molar-refractivity contribution in [3.63, 3.8) is 0 Å². The number of nitrogens with one attached hydrogen (secondary N) is 1. The molecule has 3 heterocycles. The topological polar surface area (TPSA) is 72.7 Å². The average molecular weight is 301 g/mol. The number of hydrogen-bond donors (Lipinski definition) is 1. The van der Waals surface area contributed by atoms with Gasteiger partial charge in [-0.15, -0.1) is 11.3 Å². The Morgan fingerprint density at radius 2 is 2.10 bits per heavy atom. The largest absolute Gasteiger partial charge is 0.372 e. The first-order valence-electron chi connectivity index (χ1n) is 6.55. The molecule has 0 amide bonds. The van der Waals surface area contributed by atoms with E-state index in [2.05, 4.69) is 20.3 Å². The number of aromatic nitrogens is 4. The summed E-state index contributed by atoms with van der Waals surface area (Å²) in [6.07, 6.45) is 0. The lowest BCUT2D eigenvalue weighted by molar-refractivity contribution is 0.668. The Labute approximate surface area is 125 Å². The second-order valence-corrected chi connectivity index (χ2v) is 5.64. The third-order valence-corrected chi connectivity index (χ3v) is 4.04. The fraction of sp³-hybridized carbons (Fsp3) is 0.286. The van der Waals surface area contributed by atoms with Crippen molar-refractivity contribution < 1.29 is 0 Å². The van der Waals surface area contributed by atoms with Crippen LogP contribution < -0.4 is 10.9 Å². The van der Waals surface area contributed by atoms with E-state index in [4.69, 9.17) is 0 Å². The van der Waals surface area contributed by atoms with E-state index < -0.39 is 0 Å². The zero-order valence-corrected chi connectivity index (χ0v) is 12.9. The molecule has 0 bridgehead atoms. The van der Waals surface area contributed by atoms with E-state index in [1.807, 2.05) is 32.3 Å². The van der Waals surface area contributed by atoms with Gasteiger partial charge in [0.25, 0.3) is 5.56 Å². The van der Waals surface area contributed by atoms with E-state index in [1.165, 1.54) is 6.07 Å². The molecule has 0 aliphatic carbocycles. The predicted octanol–water partition coefficient (Wildman–Crippen LogP) is 1.95. The van der Waals surface area contributed by atoms with Crippen molar-refractivity contribution in [2.45, 2.75) is 20.4 Å². The van der Waals surface area contributed by atoms with Gasteiger partial charge in [0, 0.05) is 18.8 Å². The lowest BCUT2D eigenvalue weighted by atomic mass is 10.3. The normalized spacial score (nSPS) is 11.0. The van der Waals surface area contributed by atoms with Crippen LogP contribution in [0.5, 0.6) is 0 Å². The smallest absolute Gasteiger partial charge is 0.254 e. The first-order valence-corrected chi connectivity index (χ1v) is 7.43. The quantitative estimate of drug-likeness (QED) is 0.800. The van der Waals surface area contributed by atoms with Crippen LogP contribution in [0.3, 0.4) is 0 Å². The molecule has 0 aromatic carbocycles. The zero-order valence-electron chi connectivity index (χ0n) is 12.0. The summed E-state index contributed by atoms with van der Waals surface area (Å²) in [5.41, 5.74) is 0.639. The number of nitrogens with zero attached hydrogens (tertiary/aromatic N) is 4. The summed E-state index contributed by atoms with van der Waals surface area (Å²) in [7, 11) is 1.83. The Balaban J connectivity index is 2.08. The molecule has 108 valence electrons. The first-order chi connectivity index (χ1) is 10.1. The van der Waals surface area contributed by atoms with Crippen LogP contribution >= 0.6 is 11.3 Å². The molecular weight excluding hydrogens is 286 g/mol. The molecule has 1 N–H and O–H groups in total. The minimum atomic E-state index is -0.0825. The van der Waals surface area contributed by atoms with Crippen molar-refractivity contribution in [1.29, 1.82) is 0 Å². The summed E-state index contributed by atoms with van der Waals surface area (Å²) in [6.45, 7) is 3.95. The van der Waals surface area contributed by atoms with Gasteiger partial charge in [0.2, 0.25) is 0 Å². The molecular formula is C14H15N5OS. The number of hydrogen-bond acceptors (Lipinski definition) is 6. The summed E-state index contributed by atoms with van der Waals surface area (Å²) < 4.78 is 1.58. The van der Waals surface area contributed by atoms with Crippen molar-refractivity contribution in [2.75, 3.05) is 12.4 Å². The lowest BCUT2D eigenvalue weighted by Gasteiger charge is -2.10. The molecule has 6 nitrogen and oxygen atoms in total. The molecule has 3 aromatic rings. The van der Waals surface area contributed by atoms with Crippen molar-refractivity contribution in [3.05, 3.63) is 45.2 Å². The summed E-state index contributed by atoms with van der Waals surface area (Å²) in [6, 6.07) is 3.51. The minimum Gasteiger partial charge on any atom is -0.372 e. The van der Waals surface area contributed by atoms with Gasteiger partial charge in [-0.3, -0.25) is 9.36 Å². The van der Waals surface area contributed by atoms with Crippen molar-refractivity contribution in [1.82, 2.24) is 19.5 Å². The van der Waals surface area contributed by atoms with Gasteiger partial charge in [-0.1, -0.05) is 0 Å². The molecule has 7 heteroatoms. The van der Waals surface area contributed by atoms with Crippen LogP contribution in [-0.2, 0) is 6.54 Å². The molecule has 0 aliphatic heterocycles. The highest BCUT2D eigenvalue weighted by atomic mass is 32.1. The summed E-state index contributed by atoms with van der Waals surface area (Å²) in [4.78, 5) is 26.3. The molecule has 3 aromatic heterocycles. The van der Waals surface area contributed by atoms with E-state index in [9.17, 15) is 4.79 Å². The van der Waals surface area contributed by atoms with Gasteiger partial charge < -0.3 is 5.32 Å². The Morgan fingerprint density at radius 1 is 1.29 bits per heavy atom. The summed E-state index contributed by atoms with van der Waals surface area (Å²) in [5.74, 6) is 2.05.